The summed E-state index contributed by atoms with van der Waals surface area (Å²) < 4.78 is 5.75. The van der Waals surface area contributed by atoms with Crippen molar-refractivity contribution in [3.8, 4) is 6.07 Å². The Hall–Kier alpha value is -0.630. The van der Waals surface area contributed by atoms with Crippen molar-refractivity contribution in [2.75, 3.05) is 19.7 Å². The van der Waals surface area contributed by atoms with Crippen LogP contribution < -0.4 is 5.32 Å². The van der Waals surface area contributed by atoms with Gasteiger partial charge in [-0.25, -0.2) is 0 Å². The number of hydrogen-bond donors (Lipinski definition) is 1. The minimum atomic E-state index is -0.400. The number of hydrogen-bond acceptors (Lipinski definition) is 4. The summed E-state index contributed by atoms with van der Waals surface area (Å²) in [6.07, 6.45) is 3.31. The number of rotatable bonds is 5. The van der Waals surface area contributed by atoms with Crippen molar-refractivity contribution in [1.82, 2.24) is 10.2 Å². The van der Waals surface area contributed by atoms with Crippen LogP contribution in [-0.2, 0) is 4.74 Å². The largest absolute Gasteiger partial charge is 0.373 e. The van der Waals surface area contributed by atoms with E-state index in [0.717, 1.165) is 26.1 Å². The predicted octanol–water partition coefficient (Wildman–Crippen LogP) is 1.91. The molecule has 2 unspecified atom stereocenters. The second-order valence-electron chi connectivity index (χ2n) is 6.99. The molecule has 2 aliphatic rings. The van der Waals surface area contributed by atoms with Crippen molar-refractivity contribution in [3.63, 3.8) is 0 Å². The van der Waals surface area contributed by atoms with Crippen molar-refractivity contribution >= 4 is 0 Å². The Bertz CT molecular complexity index is 359. The molecule has 0 aromatic rings. The van der Waals surface area contributed by atoms with E-state index >= 15 is 0 Å². The molecule has 0 bridgehead atoms. The second-order valence-corrected chi connectivity index (χ2v) is 6.99. The van der Waals surface area contributed by atoms with Gasteiger partial charge in [0.1, 0.15) is 5.54 Å². The Kier molecular flexibility index (Phi) is 4.20. The Morgan fingerprint density at radius 2 is 2.21 bits per heavy atom. The molecular formula is C15H27N3O. The van der Waals surface area contributed by atoms with Crippen molar-refractivity contribution in [2.45, 2.75) is 70.2 Å². The SMILES string of the molecule is CC(CC(C)(C#N)NC1CC1)N1CCOC(C)(C)C1. The molecule has 1 saturated heterocycles. The summed E-state index contributed by atoms with van der Waals surface area (Å²) in [7, 11) is 0. The van der Waals surface area contributed by atoms with Crippen molar-refractivity contribution in [2.24, 2.45) is 0 Å². The van der Waals surface area contributed by atoms with Gasteiger partial charge >= 0.3 is 0 Å². The molecule has 4 nitrogen and oxygen atoms in total. The maximum absolute atomic E-state index is 9.46. The molecule has 0 amide bonds. The molecule has 4 heteroatoms. The highest BCUT2D eigenvalue weighted by Gasteiger charge is 2.36. The van der Waals surface area contributed by atoms with Crippen LogP contribution in [0.3, 0.4) is 0 Å². The quantitative estimate of drug-likeness (QED) is 0.825. The molecule has 108 valence electrons. The molecule has 1 aliphatic heterocycles. The molecular weight excluding hydrogens is 238 g/mol. The lowest BCUT2D eigenvalue weighted by atomic mass is 9.93. The maximum Gasteiger partial charge on any atom is 0.105 e. The second kappa shape index (κ2) is 5.40. The molecule has 19 heavy (non-hydrogen) atoms. The predicted molar refractivity (Wildman–Crippen MR) is 75.9 cm³/mol. The highest BCUT2D eigenvalue weighted by atomic mass is 16.5. The number of nitrogens with one attached hydrogen (secondary N) is 1. The van der Waals surface area contributed by atoms with Crippen molar-refractivity contribution < 1.29 is 4.74 Å². The first kappa shape index (κ1) is 14.8. The monoisotopic (exact) mass is 265 g/mol. The van der Waals surface area contributed by atoms with E-state index in [1.54, 1.807) is 0 Å². The first-order valence-electron chi connectivity index (χ1n) is 7.40. The van der Waals surface area contributed by atoms with Crippen LogP contribution in [0.5, 0.6) is 0 Å². The number of morpholine rings is 1. The van der Waals surface area contributed by atoms with Crippen LogP contribution in [0.4, 0.5) is 0 Å². The molecule has 1 heterocycles. The lowest BCUT2D eigenvalue weighted by molar-refractivity contribution is -0.0972. The van der Waals surface area contributed by atoms with E-state index in [-0.39, 0.29) is 5.60 Å². The Morgan fingerprint density at radius 3 is 2.74 bits per heavy atom. The summed E-state index contributed by atoms with van der Waals surface area (Å²) in [5, 5.41) is 12.9. The van der Waals surface area contributed by atoms with E-state index in [2.05, 4.69) is 37.1 Å². The molecule has 0 radical (unpaired) electrons. The average molecular weight is 265 g/mol. The molecule has 0 aromatic carbocycles. The summed E-state index contributed by atoms with van der Waals surface area (Å²) in [5.41, 5.74) is -0.470. The van der Waals surface area contributed by atoms with E-state index in [1.807, 2.05) is 6.92 Å². The van der Waals surface area contributed by atoms with E-state index in [4.69, 9.17) is 4.74 Å². The van der Waals surface area contributed by atoms with Crippen LogP contribution in [0.1, 0.15) is 47.0 Å². The zero-order chi connectivity index (χ0) is 14.1. The third-order valence-corrected chi connectivity index (χ3v) is 4.13. The van der Waals surface area contributed by atoms with E-state index in [1.165, 1.54) is 12.8 Å². The zero-order valence-electron chi connectivity index (χ0n) is 12.7. The normalized spacial score (nSPS) is 28.4. The lowest BCUT2D eigenvalue weighted by Gasteiger charge is -2.42. The van der Waals surface area contributed by atoms with Gasteiger partial charge in [0.15, 0.2) is 0 Å². The van der Waals surface area contributed by atoms with Gasteiger partial charge in [-0.2, -0.15) is 5.26 Å². The summed E-state index contributed by atoms with van der Waals surface area (Å²) >= 11 is 0. The van der Waals surface area contributed by atoms with Gasteiger partial charge in [0.2, 0.25) is 0 Å². The van der Waals surface area contributed by atoms with Crippen LogP contribution in [0.2, 0.25) is 0 Å². The van der Waals surface area contributed by atoms with Crippen molar-refractivity contribution in [3.05, 3.63) is 0 Å². The zero-order valence-corrected chi connectivity index (χ0v) is 12.7. The fourth-order valence-electron chi connectivity index (χ4n) is 2.96. The van der Waals surface area contributed by atoms with E-state index < -0.39 is 5.54 Å². The minimum Gasteiger partial charge on any atom is -0.373 e. The molecule has 0 aromatic heterocycles. The van der Waals surface area contributed by atoms with Gasteiger partial charge in [-0.15, -0.1) is 0 Å². The number of nitriles is 1. The molecule has 1 saturated carbocycles. The number of ether oxygens (including phenoxy) is 1. The van der Waals surface area contributed by atoms with Gasteiger partial charge in [0.05, 0.1) is 18.3 Å². The van der Waals surface area contributed by atoms with Gasteiger partial charge in [-0.1, -0.05) is 0 Å². The highest BCUT2D eigenvalue weighted by molar-refractivity contribution is 5.08. The van der Waals surface area contributed by atoms with Crippen LogP contribution in [-0.4, -0.2) is 47.8 Å². The van der Waals surface area contributed by atoms with Gasteiger partial charge < -0.3 is 4.74 Å². The smallest absolute Gasteiger partial charge is 0.105 e. The number of nitrogens with zero attached hydrogens (tertiary/aromatic N) is 2. The van der Waals surface area contributed by atoms with Gasteiger partial charge in [0, 0.05) is 25.2 Å². The highest BCUT2D eigenvalue weighted by Crippen LogP contribution is 2.27. The summed E-state index contributed by atoms with van der Waals surface area (Å²) in [4.78, 5) is 2.45. The topological polar surface area (TPSA) is 48.3 Å². The van der Waals surface area contributed by atoms with Crippen LogP contribution in [0, 0.1) is 11.3 Å². The van der Waals surface area contributed by atoms with E-state index in [0.29, 0.717) is 12.1 Å². The molecule has 1 N–H and O–H groups in total. The van der Waals surface area contributed by atoms with Gasteiger partial charge in [-0.3, -0.25) is 10.2 Å². The summed E-state index contributed by atoms with van der Waals surface area (Å²) in [6, 6.07) is 3.44. The maximum atomic E-state index is 9.46. The summed E-state index contributed by atoms with van der Waals surface area (Å²) in [5.74, 6) is 0. The van der Waals surface area contributed by atoms with Crippen LogP contribution in [0.15, 0.2) is 0 Å². The molecule has 0 spiro atoms. The lowest BCUT2D eigenvalue weighted by Crippen LogP contribution is -2.54. The van der Waals surface area contributed by atoms with Gasteiger partial charge in [0.25, 0.3) is 0 Å². The Morgan fingerprint density at radius 1 is 1.53 bits per heavy atom. The minimum absolute atomic E-state index is 0.0700. The fraction of sp³-hybridized carbons (Fsp3) is 0.933. The van der Waals surface area contributed by atoms with Gasteiger partial charge in [-0.05, 0) is 47.0 Å². The molecule has 2 fully saturated rings. The molecule has 2 atom stereocenters. The van der Waals surface area contributed by atoms with Crippen LogP contribution >= 0.6 is 0 Å². The Balaban J connectivity index is 1.91. The van der Waals surface area contributed by atoms with Crippen molar-refractivity contribution in [1.29, 1.82) is 5.26 Å². The standard InChI is InChI=1S/C15H27N3O/c1-12(18-7-8-19-14(2,3)11-18)9-15(4,10-16)17-13-5-6-13/h12-13,17H,5-9,11H2,1-4H3. The summed E-state index contributed by atoms with van der Waals surface area (Å²) in [6.45, 7) is 11.2. The fourth-order valence-corrected chi connectivity index (χ4v) is 2.96. The van der Waals surface area contributed by atoms with E-state index in [9.17, 15) is 5.26 Å². The van der Waals surface area contributed by atoms with Crippen LogP contribution in [0.25, 0.3) is 0 Å². The molecule has 2 rings (SSSR count). The first-order chi connectivity index (χ1) is 8.84. The Labute approximate surface area is 117 Å². The average Bonchev–Trinajstić information content (AvgIpc) is 3.11. The third kappa shape index (κ3) is 4.17. The first-order valence-corrected chi connectivity index (χ1v) is 7.40. The molecule has 1 aliphatic carbocycles. The third-order valence-electron chi connectivity index (χ3n) is 4.13.